The van der Waals surface area contributed by atoms with Gasteiger partial charge < -0.3 is 11.1 Å². The summed E-state index contributed by atoms with van der Waals surface area (Å²) < 4.78 is 0. The average Bonchev–Trinajstić information content (AvgIpc) is 2.71. The lowest BCUT2D eigenvalue weighted by Crippen LogP contribution is -2.34. The second-order valence-corrected chi connectivity index (χ2v) is 5.25. The summed E-state index contributed by atoms with van der Waals surface area (Å²) in [6.07, 6.45) is 2.94. The van der Waals surface area contributed by atoms with E-state index in [1.165, 1.54) is 4.88 Å². The van der Waals surface area contributed by atoms with Gasteiger partial charge in [0.2, 0.25) is 0 Å². The molecule has 1 heterocycles. The third-order valence-corrected chi connectivity index (χ3v) is 3.15. The number of aryl methyl sites for hydroxylation is 1. The summed E-state index contributed by atoms with van der Waals surface area (Å²) in [7, 11) is 0. The number of hydrogen-bond acceptors (Lipinski definition) is 3. The SMILES string of the molecule is CCc1cnc(CN=C(N)NCC(C)C)s1.I. The Balaban J connectivity index is 0.00000256. The van der Waals surface area contributed by atoms with Crippen molar-refractivity contribution in [2.45, 2.75) is 33.7 Å². The number of aliphatic imine (C=N–C) groups is 1. The predicted octanol–water partition coefficient (Wildman–Crippen LogP) is 2.38. The molecule has 0 aliphatic heterocycles. The van der Waals surface area contributed by atoms with Gasteiger partial charge in [0.1, 0.15) is 5.01 Å². The quantitative estimate of drug-likeness (QED) is 0.477. The zero-order chi connectivity index (χ0) is 12.0. The summed E-state index contributed by atoms with van der Waals surface area (Å²) in [5.41, 5.74) is 5.72. The number of hydrogen-bond donors (Lipinski definition) is 2. The van der Waals surface area contributed by atoms with E-state index in [-0.39, 0.29) is 24.0 Å². The highest BCUT2D eigenvalue weighted by Crippen LogP contribution is 2.13. The van der Waals surface area contributed by atoms with Gasteiger partial charge in [0, 0.05) is 17.6 Å². The minimum atomic E-state index is 0. The number of rotatable bonds is 5. The number of nitrogens with zero attached hydrogens (tertiary/aromatic N) is 2. The summed E-state index contributed by atoms with van der Waals surface area (Å²) in [6, 6.07) is 0. The molecule has 0 saturated heterocycles. The third kappa shape index (κ3) is 6.82. The Kier molecular flexibility index (Phi) is 8.49. The molecule has 3 N–H and O–H groups in total. The van der Waals surface area contributed by atoms with Crippen LogP contribution in [-0.2, 0) is 13.0 Å². The van der Waals surface area contributed by atoms with Crippen LogP contribution in [-0.4, -0.2) is 17.5 Å². The van der Waals surface area contributed by atoms with Crippen LogP contribution in [0.5, 0.6) is 0 Å². The molecule has 1 aromatic heterocycles. The molecule has 1 rings (SSSR count). The molecule has 0 aliphatic rings. The van der Waals surface area contributed by atoms with Crippen molar-refractivity contribution >= 4 is 41.3 Å². The van der Waals surface area contributed by atoms with Gasteiger partial charge in [-0.1, -0.05) is 20.8 Å². The van der Waals surface area contributed by atoms with Gasteiger partial charge in [-0.2, -0.15) is 0 Å². The first kappa shape index (κ1) is 16.6. The van der Waals surface area contributed by atoms with E-state index in [1.54, 1.807) is 11.3 Å². The molecule has 98 valence electrons. The first-order chi connectivity index (χ1) is 7.61. The van der Waals surface area contributed by atoms with E-state index in [2.05, 4.69) is 36.1 Å². The summed E-state index contributed by atoms with van der Waals surface area (Å²) in [5, 5.41) is 4.10. The molecule has 1 aromatic rings. The van der Waals surface area contributed by atoms with Gasteiger partial charge in [0.15, 0.2) is 5.96 Å². The van der Waals surface area contributed by atoms with Crippen molar-refractivity contribution in [2.24, 2.45) is 16.6 Å². The van der Waals surface area contributed by atoms with Crippen LogP contribution in [0.4, 0.5) is 0 Å². The maximum Gasteiger partial charge on any atom is 0.189 e. The van der Waals surface area contributed by atoms with Gasteiger partial charge in [-0.05, 0) is 12.3 Å². The van der Waals surface area contributed by atoms with Crippen LogP contribution in [0.15, 0.2) is 11.2 Å². The van der Waals surface area contributed by atoms with Crippen LogP contribution >= 0.6 is 35.3 Å². The smallest absolute Gasteiger partial charge is 0.189 e. The average molecular weight is 368 g/mol. The van der Waals surface area contributed by atoms with Gasteiger partial charge in [-0.15, -0.1) is 35.3 Å². The molecule has 17 heavy (non-hydrogen) atoms. The molecule has 0 saturated carbocycles. The molecule has 0 unspecified atom stereocenters. The van der Waals surface area contributed by atoms with Crippen molar-refractivity contribution in [3.63, 3.8) is 0 Å². The van der Waals surface area contributed by atoms with E-state index < -0.39 is 0 Å². The van der Waals surface area contributed by atoms with Crippen LogP contribution < -0.4 is 11.1 Å². The fourth-order valence-electron chi connectivity index (χ4n) is 1.10. The Morgan fingerprint density at radius 2 is 2.29 bits per heavy atom. The molecule has 0 aromatic carbocycles. The van der Waals surface area contributed by atoms with Gasteiger partial charge in [-0.3, -0.25) is 0 Å². The Morgan fingerprint density at radius 3 is 2.82 bits per heavy atom. The van der Waals surface area contributed by atoms with Crippen molar-refractivity contribution in [1.29, 1.82) is 0 Å². The normalized spacial score (nSPS) is 11.4. The number of nitrogens with two attached hydrogens (primary N) is 1. The van der Waals surface area contributed by atoms with Crippen molar-refractivity contribution in [3.8, 4) is 0 Å². The molecule has 0 atom stereocenters. The summed E-state index contributed by atoms with van der Waals surface area (Å²) in [6.45, 7) is 7.82. The van der Waals surface area contributed by atoms with E-state index in [0.29, 0.717) is 18.4 Å². The van der Waals surface area contributed by atoms with E-state index in [1.807, 2.05) is 6.20 Å². The number of aromatic nitrogens is 1. The number of nitrogens with one attached hydrogen (secondary N) is 1. The summed E-state index contributed by atoms with van der Waals surface area (Å²) in [5.74, 6) is 1.07. The van der Waals surface area contributed by atoms with Crippen molar-refractivity contribution in [3.05, 3.63) is 16.1 Å². The largest absolute Gasteiger partial charge is 0.370 e. The van der Waals surface area contributed by atoms with E-state index in [0.717, 1.165) is 18.0 Å². The molecule has 0 bridgehead atoms. The van der Waals surface area contributed by atoms with Crippen molar-refractivity contribution in [1.82, 2.24) is 10.3 Å². The van der Waals surface area contributed by atoms with Crippen LogP contribution in [0.25, 0.3) is 0 Å². The molecule has 0 amide bonds. The van der Waals surface area contributed by atoms with Crippen LogP contribution in [0, 0.1) is 5.92 Å². The van der Waals surface area contributed by atoms with Gasteiger partial charge in [0.25, 0.3) is 0 Å². The second-order valence-electron chi connectivity index (χ2n) is 4.05. The molecule has 0 spiro atoms. The van der Waals surface area contributed by atoms with E-state index in [4.69, 9.17) is 5.73 Å². The van der Waals surface area contributed by atoms with E-state index in [9.17, 15) is 0 Å². The summed E-state index contributed by atoms with van der Waals surface area (Å²) in [4.78, 5) is 9.82. The highest BCUT2D eigenvalue weighted by molar-refractivity contribution is 14.0. The Bertz CT molecular complexity index is 349. The number of thiazole rings is 1. The first-order valence-electron chi connectivity index (χ1n) is 5.59. The molecule has 0 fully saturated rings. The van der Waals surface area contributed by atoms with Gasteiger partial charge in [-0.25, -0.2) is 9.98 Å². The fraction of sp³-hybridized carbons (Fsp3) is 0.636. The lowest BCUT2D eigenvalue weighted by Gasteiger charge is -2.07. The molecular weight excluding hydrogens is 347 g/mol. The Morgan fingerprint density at radius 1 is 1.59 bits per heavy atom. The van der Waals surface area contributed by atoms with E-state index >= 15 is 0 Å². The zero-order valence-electron chi connectivity index (χ0n) is 10.6. The molecular formula is C11H21IN4S. The lowest BCUT2D eigenvalue weighted by molar-refractivity contribution is 0.622. The number of guanidine groups is 1. The van der Waals surface area contributed by atoms with Crippen molar-refractivity contribution in [2.75, 3.05) is 6.54 Å². The lowest BCUT2D eigenvalue weighted by atomic mass is 10.2. The highest BCUT2D eigenvalue weighted by Gasteiger charge is 2.00. The van der Waals surface area contributed by atoms with Crippen LogP contribution in [0.2, 0.25) is 0 Å². The topological polar surface area (TPSA) is 63.3 Å². The second kappa shape index (κ2) is 8.68. The highest BCUT2D eigenvalue weighted by atomic mass is 127. The molecule has 4 nitrogen and oxygen atoms in total. The van der Waals surface area contributed by atoms with Crippen LogP contribution in [0.3, 0.4) is 0 Å². The Hall–Kier alpha value is -0.370. The van der Waals surface area contributed by atoms with Crippen molar-refractivity contribution < 1.29 is 0 Å². The molecule has 0 aliphatic carbocycles. The zero-order valence-corrected chi connectivity index (χ0v) is 13.7. The summed E-state index contributed by atoms with van der Waals surface area (Å²) >= 11 is 1.70. The third-order valence-electron chi connectivity index (χ3n) is 2.03. The van der Waals surface area contributed by atoms with Crippen LogP contribution in [0.1, 0.15) is 30.7 Å². The number of halogens is 1. The fourth-order valence-corrected chi connectivity index (χ4v) is 1.89. The van der Waals surface area contributed by atoms with Gasteiger partial charge >= 0.3 is 0 Å². The maximum atomic E-state index is 5.72. The standard InChI is InChI=1S/C11H20N4S.HI/c1-4-9-6-13-10(16-9)7-15-11(12)14-5-8(2)3;/h6,8H,4-5,7H2,1-3H3,(H3,12,14,15);1H. The minimum Gasteiger partial charge on any atom is -0.370 e. The predicted molar refractivity (Wildman–Crippen MR) is 85.1 cm³/mol. The molecule has 6 heteroatoms. The monoisotopic (exact) mass is 368 g/mol. The molecule has 0 radical (unpaired) electrons. The Labute approximate surface area is 124 Å². The minimum absolute atomic E-state index is 0. The maximum absolute atomic E-state index is 5.72. The first-order valence-corrected chi connectivity index (χ1v) is 6.40. The van der Waals surface area contributed by atoms with Gasteiger partial charge in [0.05, 0.1) is 6.54 Å².